The number of aromatic amines is 2. The van der Waals surface area contributed by atoms with Gasteiger partial charge in [0.15, 0.2) is 44.0 Å². The zero-order valence-corrected chi connectivity index (χ0v) is 50.3. The van der Waals surface area contributed by atoms with Crippen molar-refractivity contribution in [1.82, 2.24) is 49.2 Å². The van der Waals surface area contributed by atoms with E-state index in [1.54, 1.807) is 14.2 Å². The minimum absolute atomic E-state index is 0.0154. The Labute approximate surface area is 520 Å². The average molecular weight is 1280 g/mol. The van der Waals surface area contributed by atoms with Crippen LogP contribution in [0.25, 0.3) is 22.3 Å². The number of hydrogen-bond acceptors (Lipinski definition) is 26. The zero-order valence-electron chi connectivity index (χ0n) is 49.6. The van der Waals surface area contributed by atoms with Crippen LogP contribution in [-0.4, -0.2) is 200 Å². The Balaban J connectivity index is 0.000000282. The number of hydrogen-bond donors (Lipinski definition) is 6. The maximum absolute atomic E-state index is 12.2. The lowest BCUT2D eigenvalue weighted by Crippen LogP contribution is -2.33. The number of carboxylic acid groups (broad SMARTS) is 1. The Hall–Kier alpha value is -8.98. The number of aryl methyl sites for hydroxylation is 2. The molecule has 2 aromatic carbocycles. The number of carboxylic acids is 1. The molecule has 0 saturated carbocycles. The first-order chi connectivity index (χ1) is 43.2. The van der Waals surface area contributed by atoms with E-state index in [9.17, 15) is 38.4 Å². The summed E-state index contributed by atoms with van der Waals surface area (Å²) in [6.07, 6.45) is 7.84. The van der Waals surface area contributed by atoms with Gasteiger partial charge in [-0.25, -0.2) is 9.59 Å². The van der Waals surface area contributed by atoms with Crippen molar-refractivity contribution < 1.29 is 92.8 Å². The number of benzene rings is 2. The van der Waals surface area contributed by atoms with Crippen molar-refractivity contribution >= 4 is 106 Å². The fourth-order valence-corrected chi connectivity index (χ4v) is 8.40. The topological polar surface area (TPSA) is 412 Å². The number of imide groups is 2. The van der Waals surface area contributed by atoms with Crippen LogP contribution in [0.4, 0.5) is 11.6 Å². The van der Waals surface area contributed by atoms with Crippen molar-refractivity contribution in [1.29, 1.82) is 0 Å². The van der Waals surface area contributed by atoms with Crippen LogP contribution in [0.15, 0.2) is 48.5 Å². The summed E-state index contributed by atoms with van der Waals surface area (Å²) in [5.41, 5.74) is 18.2. The molecule has 2 saturated heterocycles. The van der Waals surface area contributed by atoms with E-state index in [-0.39, 0.29) is 119 Å². The van der Waals surface area contributed by atoms with Crippen LogP contribution in [-0.2, 0) is 97.5 Å². The number of Topliss-reactive ketones (excluding diaryl/α,β-unsaturated/α-hetero) is 2. The van der Waals surface area contributed by atoms with Crippen molar-refractivity contribution in [3.63, 3.8) is 0 Å². The number of hydroxylamine groups is 4. The van der Waals surface area contributed by atoms with Crippen molar-refractivity contribution in [2.24, 2.45) is 0 Å². The Morgan fingerprint density at radius 2 is 0.955 bits per heavy atom. The van der Waals surface area contributed by atoms with Gasteiger partial charge in [-0.05, 0) is 59.5 Å². The first kappa shape index (κ1) is 69.1. The second kappa shape index (κ2) is 37.0. The molecule has 4 amide bonds. The number of H-pyrrole nitrogens is 2. The third-order valence-electron chi connectivity index (χ3n) is 12.3. The number of nitrogen functional groups attached to an aromatic ring is 2. The SMILES string of the molecule is COCCOc1nc(N)c2[nH]c(=S)n(Cc3ccc(CCC(=O)COCCOCC(=O)O)cc3)c2n1.COCCOc1nc(N)c2[nH]c(=S)n(Cc3ccc(CCC(=O)COCCOCC(=O)ON4C(=O)CCC4=O)cc3)c2n1.O=C1CCC(=O)N1O.[2H]C#C. The standard InChI is InChI=1S/C27H32N6O9S.C23H29N5O7S.C4H5NO3.C2H2/c1-38-10-13-41-26-30-24(28)23-25(31-26)32(27(43)29-23)14-18-4-2-17(3-5-18)6-7-19(34)15-39-11-12-40-16-22(37)42-33-20(35)8-9-21(33)36;1-32-8-11-35-22-26-20(24)19-21(27-22)28(23(36)25-19)12-16-4-2-15(3-5-16)6-7-17(29)13-33-9-10-34-14-18(30)31;6-3-1-2-4(7)5(3)8;1-2/h2-5H,6-16H2,1H3,(H,29,43)(H2,28,30,31);2-5H,6-14H2,1H3,(H,25,36)(H,30,31)(H2,24,26,27);8H,1-2H2;1-2H/i;;;1D. The highest BCUT2D eigenvalue weighted by Crippen LogP contribution is 2.24. The molecule has 2 aliphatic rings. The van der Waals surface area contributed by atoms with Gasteiger partial charge in [-0.15, -0.1) is 17.9 Å². The molecule has 89 heavy (non-hydrogen) atoms. The Morgan fingerprint density at radius 1 is 0.584 bits per heavy atom. The smallest absolute Gasteiger partial charge is 0.358 e. The maximum atomic E-state index is 12.2. The van der Waals surface area contributed by atoms with E-state index in [4.69, 9.17) is 85.5 Å². The van der Waals surface area contributed by atoms with Gasteiger partial charge in [-0.2, -0.15) is 25.0 Å². The second-order valence-electron chi connectivity index (χ2n) is 18.9. The van der Waals surface area contributed by atoms with Crippen LogP contribution in [0.5, 0.6) is 12.0 Å². The zero-order chi connectivity index (χ0) is 65.5. The van der Waals surface area contributed by atoms with Crippen LogP contribution in [0.2, 0.25) is 0 Å². The van der Waals surface area contributed by atoms with Gasteiger partial charge in [-0.3, -0.25) is 43.1 Å². The number of ether oxygens (including phenoxy) is 8. The summed E-state index contributed by atoms with van der Waals surface area (Å²) in [6.45, 7) is 1.71. The lowest BCUT2D eigenvalue weighted by Gasteiger charge is -2.12. The number of nitrogens with one attached hydrogen (secondary N) is 2. The molecule has 6 heterocycles. The summed E-state index contributed by atoms with van der Waals surface area (Å²) in [4.78, 5) is 118. The van der Waals surface area contributed by atoms with E-state index < -0.39 is 42.2 Å². The molecule has 0 spiro atoms. The van der Waals surface area contributed by atoms with Crippen LogP contribution in [0, 0.1) is 22.4 Å². The van der Waals surface area contributed by atoms with E-state index >= 15 is 0 Å². The second-order valence-corrected chi connectivity index (χ2v) is 19.6. The average Bonchev–Trinajstić information content (AvgIpc) is 1.66. The first-order valence-electron chi connectivity index (χ1n) is 27.7. The molecule has 0 unspecified atom stereocenters. The van der Waals surface area contributed by atoms with Crippen molar-refractivity contribution in [2.45, 2.75) is 64.5 Å². The van der Waals surface area contributed by atoms with Gasteiger partial charge in [0.25, 0.3) is 23.6 Å². The molecule has 2 fully saturated rings. The molecule has 478 valence electrons. The third-order valence-corrected chi connectivity index (χ3v) is 13.0. The summed E-state index contributed by atoms with van der Waals surface area (Å²) in [6, 6.07) is 15.9. The molecule has 8 N–H and O–H groups in total. The van der Waals surface area contributed by atoms with Gasteiger partial charge >= 0.3 is 24.0 Å². The monoisotopic (exact) mass is 1280 g/mol. The Kier molecular flexibility index (Phi) is 28.7. The fraction of sp³-hybridized carbons (Fsp3) is 0.429. The summed E-state index contributed by atoms with van der Waals surface area (Å²) in [7, 11) is 3.15. The highest BCUT2D eigenvalue weighted by Gasteiger charge is 2.33. The first-order valence-corrected chi connectivity index (χ1v) is 28.0. The van der Waals surface area contributed by atoms with E-state index in [1.807, 2.05) is 57.7 Å². The molecule has 0 aliphatic carbocycles. The molecular weight excluding hydrogens is 1210 g/mol. The van der Waals surface area contributed by atoms with Crippen LogP contribution >= 0.6 is 24.4 Å². The van der Waals surface area contributed by atoms with Gasteiger partial charge in [0.1, 0.15) is 52.0 Å². The maximum Gasteiger partial charge on any atom is 0.358 e. The number of aromatic nitrogens is 8. The molecule has 8 rings (SSSR count). The predicted molar refractivity (Wildman–Crippen MR) is 318 cm³/mol. The number of carbonyl (C=O) groups excluding carboxylic acids is 7. The number of fused-ring (bicyclic) bond motifs is 2. The molecule has 0 atom stereocenters. The molecule has 33 heteroatoms. The minimum Gasteiger partial charge on any atom is -0.480 e. The molecule has 4 aromatic heterocycles. The molecule has 2 aliphatic heterocycles. The minimum atomic E-state index is -1.04. The number of rotatable bonds is 33. The van der Waals surface area contributed by atoms with Gasteiger partial charge < -0.3 is 69.3 Å². The molecule has 0 bridgehead atoms. The van der Waals surface area contributed by atoms with Crippen LogP contribution in [0.3, 0.4) is 0 Å². The number of terminal acetylenes is 1. The van der Waals surface area contributed by atoms with Gasteiger partial charge in [0, 0.05) is 52.7 Å². The molecule has 31 nitrogen and oxygen atoms in total. The third kappa shape index (κ3) is 22.9. The summed E-state index contributed by atoms with van der Waals surface area (Å²) < 4.78 is 51.7. The highest BCUT2D eigenvalue weighted by atomic mass is 32.1. The number of ketones is 2. The fourth-order valence-electron chi connectivity index (χ4n) is 7.89. The number of imidazole rings is 2. The number of anilines is 2. The van der Waals surface area contributed by atoms with Crippen LogP contribution < -0.4 is 20.9 Å². The van der Waals surface area contributed by atoms with Gasteiger partial charge in [0.2, 0.25) is 0 Å². The van der Waals surface area contributed by atoms with Gasteiger partial charge in [-0.1, -0.05) is 48.5 Å². The predicted octanol–water partition coefficient (Wildman–Crippen LogP) is 2.82. The quantitative estimate of drug-likeness (QED) is 0.0113. The number of nitrogens with zero attached hydrogens (tertiary/aromatic N) is 8. The van der Waals surface area contributed by atoms with E-state index in [2.05, 4.69) is 41.2 Å². The summed E-state index contributed by atoms with van der Waals surface area (Å²) in [5, 5.41) is 17.5. The van der Waals surface area contributed by atoms with Crippen molar-refractivity contribution in [2.75, 3.05) is 105 Å². The Bertz CT molecular complexity index is 3560. The number of nitrogens with two attached hydrogens (primary N) is 2. The largest absolute Gasteiger partial charge is 0.480 e. The molecule has 6 aromatic rings. The Morgan fingerprint density at radius 3 is 1.33 bits per heavy atom. The number of methoxy groups -OCH3 is 2. The summed E-state index contributed by atoms with van der Waals surface area (Å²) in [5.74, 6) is -3.69. The van der Waals surface area contributed by atoms with Crippen LogP contribution in [0.1, 0.15) is 62.1 Å². The van der Waals surface area contributed by atoms with E-state index in [0.29, 0.717) is 95.5 Å². The molecular formula is C56H68N12O19S2. The summed E-state index contributed by atoms with van der Waals surface area (Å²) >= 11 is 10.9. The molecule has 0 radical (unpaired) electrons. The lowest BCUT2D eigenvalue weighted by atomic mass is 10.1. The number of carbonyl (C=O) groups is 8. The van der Waals surface area contributed by atoms with E-state index in [0.717, 1.165) is 22.3 Å². The van der Waals surface area contributed by atoms with Gasteiger partial charge in [0.05, 0.1) is 52.7 Å². The lowest BCUT2D eigenvalue weighted by molar-refractivity contribution is -0.200. The van der Waals surface area contributed by atoms with Crippen molar-refractivity contribution in [3.05, 3.63) is 80.3 Å². The highest BCUT2D eigenvalue weighted by molar-refractivity contribution is 7.71. The van der Waals surface area contributed by atoms with Crippen molar-refractivity contribution in [3.8, 4) is 24.8 Å². The normalized spacial score (nSPS) is 12.8. The number of amides is 4. The van der Waals surface area contributed by atoms with E-state index in [1.165, 1.54) is 6.40 Å². The number of aliphatic carboxylic acids is 1.